The smallest absolute Gasteiger partial charge is 0.357 e. The van der Waals surface area contributed by atoms with Crippen molar-refractivity contribution >= 4 is 27.7 Å². The molecule has 0 radical (unpaired) electrons. The van der Waals surface area contributed by atoms with Gasteiger partial charge in [0.1, 0.15) is 4.47 Å². The Hall–Kier alpha value is -2.27. The van der Waals surface area contributed by atoms with Crippen LogP contribution in [0.3, 0.4) is 0 Å². The fraction of sp³-hybridized carbons (Fsp3) is 0.500. The number of nitro groups is 1. The van der Waals surface area contributed by atoms with Crippen LogP contribution in [0.2, 0.25) is 0 Å². The number of piperazine rings is 1. The monoisotopic (exact) mass is 411 g/mol. The zero-order chi connectivity index (χ0) is 18.1. The van der Waals surface area contributed by atoms with Crippen molar-refractivity contribution in [3.63, 3.8) is 0 Å². The molecule has 3 heterocycles. The maximum Gasteiger partial charge on any atom is 0.357 e. The second kappa shape index (κ2) is 6.92. The molecule has 2 aromatic rings. The molecule has 25 heavy (non-hydrogen) atoms. The van der Waals surface area contributed by atoms with Crippen molar-refractivity contribution in [2.45, 2.75) is 13.5 Å². The van der Waals surface area contributed by atoms with Gasteiger partial charge in [-0.25, -0.2) is 0 Å². The average Bonchev–Trinajstić information content (AvgIpc) is 3.10. The molecule has 1 aliphatic heterocycles. The third kappa shape index (κ3) is 3.56. The van der Waals surface area contributed by atoms with Gasteiger partial charge < -0.3 is 15.0 Å². The SMILES string of the molecule is Cc1nn(C)cc1CN1CCN(C(=O)c2n[nH]c([N+](=O)[O-])c2Br)CC1. The number of aromatic amines is 1. The summed E-state index contributed by atoms with van der Waals surface area (Å²) in [7, 11) is 1.90. The minimum atomic E-state index is -0.609. The molecule has 1 fully saturated rings. The van der Waals surface area contributed by atoms with E-state index in [4.69, 9.17) is 0 Å². The van der Waals surface area contributed by atoms with Crippen LogP contribution >= 0.6 is 15.9 Å². The first kappa shape index (κ1) is 17.5. The van der Waals surface area contributed by atoms with Gasteiger partial charge in [0.15, 0.2) is 5.69 Å². The number of rotatable bonds is 4. The molecule has 1 N–H and O–H groups in total. The van der Waals surface area contributed by atoms with Crippen LogP contribution in [-0.2, 0) is 13.6 Å². The highest BCUT2D eigenvalue weighted by atomic mass is 79.9. The largest absolute Gasteiger partial charge is 0.358 e. The van der Waals surface area contributed by atoms with E-state index in [1.807, 2.05) is 20.2 Å². The van der Waals surface area contributed by atoms with Crippen LogP contribution < -0.4 is 0 Å². The van der Waals surface area contributed by atoms with Gasteiger partial charge in [-0.3, -0.25) is 14.4 Å². The second-order valence-corrected chi connectivity index (χ2v) is 6.77. The van der Waals surface area contributed by atoms with Crippen LogP contribution in [0.1, 0.15) is 21.7 Å². The molecule has 134 valence electrons. The number of aromatic nitrogens is 4. The minimum absolute atomic E-state index is 0.0447. The lowest BCUT2D eigenvalue weighted by molar-refractivity contribution is -0.390. The van der Waals surface area contributed by atoms with Crippen LogP contribution in [0.25, 0.3) is 0 Å². The van der Waals surface area contributed by atoms with E-state index in [2.05, 4.69) is 36.1 Å². The maximum absolute atomic E-state index is 12.5. The highest BCUT2D eigenvalue weighted by Gasteiger charge is 2.30. The summed E-state index contributed by atoms with van der Waals surface area (Å²) in [6.45, 7) is 5.32. The third-order valence-corrected chi connectivity index (χ3v) is 4.99. The number of carbonyl (C=O) groups is 1. The number of hydrogen-bond acceptors (Lipinski definition) is 6. The molecule has 0 spiro atoms. The molecule has 3 rings (SSSR count). The standard InChI is InChI=1S/C14H18BrN7O3/c1-9-10(7-19(2)18-9)8-20-3-5-21(6-4-20)14(23)12-11(15)13(17-16-12)22(24)25/h7H,3-6,8H2,1-2H3,(H,16,17). The fourth-order valence-corrected chi connectivity index (χ4v) is 3.38. The predicted octanol–water partition coefficient (Wildman–Crippen LogP) is 1.08. The first-order chi connectivity index (χ1) is 11.9. The van der Waals surface area contributed by atoms with Gasteiger partial charge in [-0.15, -0.1) is 5.10 Å². The highest BCUT2D eigenvalue weighted by molar-refractivity contribution is 9.10. The molecule has 1 aliphatic rings. The Balaban J connectivity index is 1.61. The van der Waals surface area contributed by atoms with Crippen molar-refractivity contribution in [3.8, 4) is 0 Å². The summed E-state index contributed by atoms with van der Waals surface area (Å²) in [6, 6.07) is 0. The van der Waals surface area contributed by atoms with Gasteiger partial charge >= 0.3 is 5.82 Å². The normalized spacial score (nSPS) is 15.6. The summed E-state index contributed by atoms with van der Waals surface area (Å²) < 4.78 is 1.89. The van der Waals surface area contributed by atoms with Gasteiger partial charge in [0, 0.05) is 51.5 Å². The first-order valence-corrected chi connectivity index (χ1v) is 8.55. The van der Waals surface area contributed by atoms with E-state index < -0.39 is 4.92 Å². The number of nitrogens with zero attached hydrogens (tertiary/aromatic N) is 6. The lowest BCUT2D eigenvalue weighted by Gasteiger charge is -2.34. The fourth-order valence-electron chi connectivity index (χ4n) is 2.89. The van der Waals surface area contributed by atoms with Gasteiger partial charge in [0.25, 0.3) is 5.91 Å². The molecular formula is C14H18BrN7O3. The number of amides is 1. The summed E-state index contributed by atoms with van der Waals surface area (Å²) >= 11 is 3.08. The number of halogens is 1. The molecule has 0 saturated carbocycles. The maximum atomic E-state index is 12.5. The third-order valence-electron chi connectivity index (χ3n) is 4.24. The number of hydrogen-bond donors (Lipinski definition) is 1. The summed E-state index contributed by atoms with van der Waals surface area (Å²) in [5.41, 5.74) is 2.23. The predicted molar refractivity (Wildman–Crippen MR) is 92.1 cm³/mol. The Morgan fingerprint density at radius 2 is 2.08 bits per heavy atom. The lowest BCUT2D eigenvalue weighted by atomic mass is 10.2. The van der Waals surface area contributed by atoms with E-state index in [0.29, 0.717) is 13.1 Å². The van der Waals surface area contributed by atoms with Crippen LogP contribution in [-0.4, -0.2) is 66.8 Å². The zero-order valence-electron chi connectivity index (χ0n) is 13.9. The molecule has 0 aromatic carbocycles. The van der Waals surface area contributed by atoms with Crippen LogP contribution in [0.4, 0.5) is 5.82 Å². The van der Waals surface area contributed by atoms with Crippen molar-refractivity contribution < 1.29 is 9.72 Å². The van der Waals surface area contributed by atoms with E-state index in [1.54, 1.807) is 9.58 Å². The molecular weight excluding hydrogens is 394 g/mol. The van der Waals surface area contributed by atoms with E-state index >= 15 is 0 Å². The minimum Gasteiger partial charge on any atom is -0.358 e. The topological polar surface area (TPSA) is 113 Å². The van der Waals surface area contributed by atoms with E-state index in [-0.39, 0.29) is 21.9 Å². The molecule has 0 bridgehead atoms. The number of H-pyrrole nitrogens is 1. The summed E-state index contributed by atoms with van der Waals surface area (Å²) in [5, 5.41) is 21.2. The van der Waals surface area contributed by atoms with E-state index in [9.17, 15) is 14.9 Å². The first-order valence-electron chi connectivity index (χ1n) is 7.76. The van der Waals surface area contributed by atoms with E-state index in [1.165, 1.54) is 5.56 Å². The zero-order valence-corrected chi connectivity index (χ0v) is 15.5. The van der Waals surface area contributed by atoms with Crippen molar-refractivity contribution in [2.75, 3.05) is 26.2 Å². The van der Waals surface area contributed by atoms with Gasteiger partial charge in [-0.05, 0) is 27.8 Å². The number of aryl methyl sites for hydroxylation is 2. The molecule has 0 aliphatic carbocycles. The Morgan fingerprint density at radius 1 is 1.40 bits per heavy atom. The molecule has 1 saturated heterocycles. The molecule has 0 atom stereocenters. The van der Waals surface area contributed by atoms with Crippen LogP contribution in [0, 0.1) is 17.0 Å². The second-order valence-electron chi connectivity index (χ2n) is 5.97. The Labute approximate surface area is 152 Å². The molecule has 10 nitrogen and oxygen atoms in total. The van der Waals surface area contributed by atoms with Crippen molar-refractivity contribution in [1.82, 2.24) is 29.8 Å². The number of carbonyl (C=O) groups excluding carboxylic acids is 1. The van der Waals surface area contributed by atoms with Gasteiger partial charge in [0.05, 0.1) is 5.69 Å². The highest BCUT2D eigenvalue weighted by Crippen LogP contribution is 2.26. The summed E-state index contributed by atoms with van der Waals surface area (Å²) in [6.07, 6.45) is 2.01. The average molecular weight is 412 g/mol. The Morgan fingerprint density at radius 3 is 2.60 bits per heavy atom. The molecule has 2 aromatic heterocycles. The van der Waals surface area contributed by atoms with Crippen molar-refractivity contribution in [2.24, 2.45) is 7.05 Å². The Bertz CT molecular complexity index is 807. The van der Waals surface area contributed by atoms with E-state index in [0.717, 1.165) is 25.3 Å². The summed E-state index contributed by atoms with van der Waals surface area (Å²) in [5.74, 6) is -0.623. The van der Waals surface area contributed by atoms with Gasteiger partial charge in [0.2, 0.25) is 0 Å². The van der Waals surface area contributed by atoms with Gasteiger partial charge in [-0.2, -0.15) is 5.10 Å². The van der Waals surface area contributed by atoms with Crippen LogP contribution in [0.15, 0.2) is 10.7 Å². The lowest BCUT2D eigenvalue weighted by Crippen LogP contribution is -2.48. The number of nitrogens with one attached hydrogen (secondary N) is 1. The van der Waals surface area contributed by atoms with Gasteiger partial charge in [-0.1, -0.05) is 5.10 Å². The summed E-state index contributed by atoms with van der Waals surface area (Å²) in [4.78, 5) is 26.7. The van der Waals surface area contributed by atoms with Crippen molar-refractivity contribution in [3.05, 3.63) is 37.7 Å². The molecule has 1 amide bonds. The Kier molecular flexibility index (Phi) is 4.86. The molecule has 11 heteroatoms. The molecule has 0 unspecified atom stereocenters. The quantitative estimate of drug-likeness (QED) is 0.594. The van der Waals surface area contributed by atoms with Crippen molar-refractivity contribution in [1.29, 1.82) is 0 Å². The van der Waals surface area contributed by atoms with Crippen LogP contribution in [0.5, 0.6) is 0 Å².